The first-order chi connectivity index (χ1) is 5.65. The van der Waals surface area contributed by atoms with Crippen LogP contribution in [0.5, 0.6) is 0 Å². The molecule has 0 saturated carbocycles. The van der Waals surface area contributed by atoms with E-state index in [-0.39, 0.29) is 12.4 Å². The maximum Gasteiger partial charge on any atom is 0.337 e. The summed E-state index contributed by atoms with van der Waals surface area (Å²) in [5.41, 5.74) is 6.25. The molecule has 1 rings (SSSR count). The van der Waals surface area contributed by atoms with Gasteiger partial charge in [0, 0.05) is 0 Å². The number of carbonyl (C=O) groups is 1. The van der Waals surface area contributed by atoms with Crippen molar-refractivity contribution in [1.82, 2.24) is 0 Å². The Morgan fingerprint density at radius 2 is 2.15 bits per heavy atom. The lowest BCUT2D eigenvalue weighted by Crippen LogP contribution is -2.01. The molecule has 0 unspecified atom stereocenters. The van der Waals surface area contributed by atoms with Crippen molar-refractivity contribution < 1.29 is 9.53 Å². The standard InChI is InChI=1S/C8H8ClNO2.ClH/c1-12-8(11)5-2-3-6(9)7(10)4-5;/h2-4H,10H2,1H3;1H. The Balaban J connectivity index is 0.00000144. The smallest absolute Gasteiger partial charge is 0.337 e. The molecule has 1 aromatic rings. The molecule has 0 aliphatic rings. The molecule has 0 radical (unpaired) electrons. The molecule has 0 fully saturated rings. The fraction of sp³-hybridized carbons (Fsp3) is 0.125. The number of hydrogen-bond donors (Lipinski definition) is 1. The van der Waals surface area contributed by atoms with Crippen LogP contribution in [-0.4, -0.2) is 13.1 Å². The average molecular weight is 222 g/mol. The highest BCUT2D eigenvalue weighted by Gasteiger charge is 2.06. The summed E-state index contributed by atoms with van der Waals surface area (Å²) in [7, 11) is 1.31. The van der Waals surface area contributed by atoms with Crippen LogP contribution < -0.4 is 5.73 Å². The predicted octanol–water partition coefficient (Wildman–Crippen LogP) is 2.13. The minimum atomic E-state index is -0.418. The van der Waals surface area contributed by atoms with E-state index in [9.17, 15) is 4.79 Å². The highest BCUT2D eigenvalue weighted by molar-refractivity contribution is 6.33. The first-order valence-corrected chi connectivity index (χ1v) is 3.66. The Morgan fingerprint density at radius 3 is 2.62 bits per heavy atom. The lowest BCUT2D eigenvalue weighted by molar-refractivity contribution is 0.0601. The van der Waals surface area contributed by atoms with E-state index in [4.69, 9.17) is 17.3 Å². The molecule has 0 heterocycles. The molecule has 2 N–H and O–H groups in total. The monoisotopic (exact) mass is 221 g/mol. The van der Waals surface area contributed by atoms with Crippen LogP contribution in [0.25, 0.3) is 0 Å². The Morgan fingerprint density at radius 1 is 1.54 bits per heavy atom. The fourth-order valence-electron chi connectivity index (χ4n) is 0.789. The summed E-state index contributed by atoms with van der Waals surface area (Å²) < 4.78 is 4.49. The normalized spacial score (nSPS) is 8.77. The zero-order valence-electron chi connectivity index (χ0n) is 6.91. The largest absolute Gasteiger partial charge is 0.465 e. The molecule has 0 spiro atoms. The van der Waals surface area contributed by atoms with Gasteiger partial charge in [0.05, 0.1) is 23.4 Å². The van der Waals surface area contributed by atoms with Crippen molar-refractivity contribution in [3.63, 3.8) is 0 Å². The highest BCUT2D eigenvalue weighted by atomic mass is 35.5. The summed E-state index contributed by atoms with van der Waals surface area (Å²) in [4.78, 5) is 11.0. The van der Waals surface area contributed by atoms with Crippen LogP contribution in [0.15, 0.2) is 18.2 Å². The van der Waals surface area contributed by atoms with Crippen LogP contribution in [0.4, 0.5) is 5.69 Å². The van der Waals surface area contributed by atoms with E-state index in [2.05, 4.69) is 4.74 Å². The van der Waals surface area contributed by atoms with Crippen LogP contribution in [-0.2, 0) is 4.74 Å². The number of nitrogens with two attached hydrogens (primary N) is 1. The summed E-state index contributed by atoms with van der Waals surface area (Å²) in [6, 6.07) is 4.60. The fourth-order valence-corrected chi connectivity index (χ4v) is 0.906. The second kappa shape index (κ2) is 4.94. The Labute approximate surface area is 87.2 Å². The molecule has 0 saturated heterocycles. The van der Waals surface area contributed by atoms with Gasteiger partial charge in [-0.2, -0.15) is 0 Å². The molecule has 0 atom stereocenters. The van der Waals surface area contributed by atoms with Gasteiger partial charge in [0.2, 0.25) is 0 Å². The van der Waals surface area contributed by atoms with Crippen LogP contribution in [0, 0.1) is 0 Å². The summed E-state index contributed by atoms with van der Waals surface area (Å²) in [5, 5.41) is 0.433. The number of esters is 1. The van der Waals surface area contributed by atoms with E-state index in [0.29, 0.717) is 16.3 Å². The maximum atomic E-state index is 11.0. The van der Waals surface area contributed by atoms with Gasteiger partial charge in [-0.15, -0.1) is 12.4 Å². The van der Waals surface area contributed by atoms with Crippen LogP contribution in [0.1, 0.15) is 10.4 Å². The summed E-state index contributed by atoms with van der Waals surface area (Å²) >= 11 is 5.65. The first kappa shape index (κ1) is 12.1. The van der Waals surface area contributed by atoms with Gasteiger partial charge in [-0.05, 0) is 18.2 Å². The van der Waals surface area contributed by atoms with Crippen LogP contribution >= 0.6 is 24.0 Å². The molecule has 0 aromatic heterocycles. The van der Waals surface area contributed by atoms with Gasteiger partial charge < -0.3 is 10.5 Å². The second-order valence-corrected chi connectivity index (χ2v) is 2.64. The first-order valence-electron chi connectivity index (χ1n) is 3.28. The van der Waals surface area contributed by atoms with Crippen LogP contribution in [0.3, 0.4) is 0 Å². The SMILES string of the molecule is COC(=O)c1ccc(Cl)c(N)c1.Cl. The predicted molar refractivity (Wildman–Crippen MR) is 54.5 cm³/mol. The van der Waals surface area contributed by atoms with Gasteiger partial charge in [0.15, 0.2) is 0 Å². The average Bonchev–Trinajstić information content (AvgIpc) is 2.08. The van der Waals surface area contributed by atoms with E-state index >= 15 is 0 Å². The van der Waals surface area contributed by atoms with E-state index in [1.165, 1.54) is 13.2 Å². The van der Waals surface area contributed by atoms with Crippen molar-refractivity contribution in [2.75, 3.05) is 12.8 Å². The molecule has 72 valence electrons. The van der Waals surface area contributed by atoms with Gasteiger partial charge in [-0.25, -0.2) is 4.79 Å². The maximum absolute atomic E-state index is 11.0. The lowest BCUT2D eigenvalue weighted by atomic mass is 10.2. The number of rotatable bonds is 1. The lowest BCUT2D eigenvalue weighted by Gasteiger charge is -2.01. The minimum absolute atomic E-state index is 0. The molecule has 0 aliphatic heterocycles. The van der Waals surface area contributed by atoms with Crippen molar-refractivity contribution in [2.24, 2.45) is 0 Å². The third kappa shape index (κ3) is 2.79. The molecule has 5 heteroatoms. The Kier molecular flexibility index (Phi) is 4.59. The molecule has 0 bridgehead atoms. The number of benzene rings is 1. The minimum Gasteiger partial charge on any atom is -0.465 e. The van der Waals surface area contributed by atoms with Crippen molar-refractivity contribution >= 4 is 35.7 Å². The van der Waals surface area contributed by atoms with Gasteiger partial charge in [0.25, 0.3) is 0 Å². The third-order valence-electron chi connectivity index (χ3n) is 1.42. The van der Waals surface area contributed by atoms with E-state index in [0.717, 1.165) is 0 Å². The number of nitrogen functional groups attached to an aromatic ring is 1. The van der Waals surface area contributed by atoms with E-state index in [1.807, 2.05) is 0 Å². The quantitative estimate of drug-likeness (QED) is 0.584. The summed E-state index contributed by atoms with van der Waals surface area (Å²) in [6.07, 6.45) is 0. The molecule has 0 aliphatic carbocycles. The molecule has 0 amide bonds. The molecular formula is C8H9Cl2NO2. The Hall–Kier alpha value is -0.930. The van der Waals surface area contributed by atoms with E-state index in [1.54, 1.807) is 12.1 Å². The molecule has 3 nitrogen and oxygen atoms in total. The van der Waals surface area contributed by atoms with Crippen molar-refractivity contribution in [1.29, 1.82) is 0 Å². The van der Waals surface area contributed by atoms with Gasteiger partial charge in [-0.3, -0.25) is 0 Å². The summed E-state index contributed by atoms with van der Waals surface area (Å²) in [5.74, 6) is -0.418. The molecular weight excluding hydrogens is 213 g/mol. The zero-order valence-corrected chi connectivity index (χ0v) is 8.48. The number of halogens is 2. The zero-order chi connectivity index (χ0) is 9.14. The number of carbonyl (C=O) groups excluding carboxylic acids is 1. The number of ether oxygens (including phenoxy) is 1. The van der Waals surface area contributed by atoms with Gasteiger partial charge in [0.1, 0.15) is 0 Å². The number of anilines is 1. The molecule has 13 heavy (non-hydrogen) atoms. The van der Waals surface area contributed by atoms with Crippen molar-refractivity contribution in [3.05, 3.63) is 28.8 Å². The number of methoxy groups -OCH3 is 1. The summed E-state index contributed by atoms with van der Waals surface area (Å²) in [6.45, 7) is 0. The highest BCUT2D eigenvalue weighted by Crippen LogP contribution is 2.19. The van der Waals surface area contributed by atoms with Crippen LogP contribution in [0.2, 0.25) is 5.02 Å². The van der Waals surface area contributed by atoms with E-state index < -0.39 is 5.97 Å². The third-order valence-corrected chi connectivity index (χ3v) is 1.76. The van der Waals surface area contributed by atoms with Crippen molar-refractivity contribution in [2.45, 2.75) is 0 Å². The Bertz CT molecular complexity index is 315. The van der Waals surface area contributed by atoms with Crippen molar-refractivity contribution in [3.8, 4) is 0 Å². The second-order valence-electron chi connectivity index (χ2n) is 2.23. The van der Waals surface area contributed by atoms with Gasteiger partial charge >= 0.3 is 5.97 Å². The molecule has 1 aromatic carbocycles. The van der Waals surface area contributed by atoms with Gasteiger partial charge in [-0.1, -0.05) is 11.6 Å². The topological polar surface area (TPSA) is 52.3 Å². The number of hydrogen-bond acceptors (Lipinski definition) is 3.